The molecule has 0 amide bonds. The minimum Gasteiger partial charge on any atom is -0.382 e. The number of hydrogen-bond acceptors (Lipinski definition) is 2. The van der Waals surface area contributed by atoms with Gasteiger partial charge in [0.15, 0.2) is 29.4 Å². The quantitative estimate of drug-likeness (QED) is 0.657. The van der Waals surface area contributed by atoms with E-state index in [0.29, 0.717) is 0 Å². The molecule has 1 aromatic rings. The number of hydrogen-bond donors (Lipinski definition) is 2. The molecule has 0 aliphatic heterocycles. The molecule has 1 atom stereocenters. The molecular weight excluding hydrogens is 271 g/mol. The predicted molar refractivity (Wildman–Crippen MR) is 46.8 cm³/mol. The Hall–Kier alpha value is -1.51. The molecule has 0 spiro atoms. The number of benzene rings is 1. The van der Waals surface area contributed by atoms with Gasteiger partial charge in [0, 0.05) is 12.6 Å². The molecule has 0 saturated carbocycles. The first kappa shape index (κ1) is 14.6. The molecule has 0 radical (unpaired) electrons. The van der Waals surface area contributed by atoms with E-state index >= 15 is 0 Å². The summed E-state index contributed by atoms with van der Waals surface area (Å²) in [5, 5.41) is 10.0. The molecule has 9 heteroatoms. The molecule has 0 aliphatic rings. The zero-order chi connectivity index (χ0) is 14.1. The second kappa shape index (κ2) is 5.01. The minimum absolute atomic E-state index is 0.0873. The summed E-state index contributed by atoms with van der Waals surface area (Å²) in [6.45, 7) is -1.35. The van der Waals surface area contributed by atoms with Crippen molar-refractivity contribution in [1.82, 2.24) is 0 Å². The second-order valence-electron chi connectivity index (χ2n) is 3.28. The van der Waals surface area contributed by atoms with Crippen molar-refractivity contribution in [1.29, 1.82) is 0 Å². The summed E-state index contributed by atoms with van der Waals surface area (Å²) in [5.41, 5.74) is -1.41. The van der Waals surface area contributed by atoms with E-state index in [1.807, 2.05) is 0 Å². The normalized spacial score (nSPS) is 13.6. The summed E-state index contributed by atoms with van der Waals surface area (Å²) in [6, 6.07) is -0.0873. The zero-order valence-corrected chi connectivity index (χ0v) is 8.45. The number of anilines is 1. The lowest BCUT2D eigenvalue weighted by atomic mass is 10.2. The second-order valence-corrected chi connectivity index (χ2v) is 3.28. The average Bonchev–Trinajstić information content (AvgIpc) is 2.25. The van der Waals surface area contributed by atoms with Crippen molar-refractivity contribution >= 4 is 5.69 Å². The van der Waals surface area contributed by atoms with Gasteiger partial charge in [0.1, 0.15) is 5.69 Å². The lowest BCUT2D eigenvalue weighted by Crippen LogP contribution is -2.35. The van der Waals surface area contributed by atoms with Gasteiger partial charge in [-0.05, 0) is 0 Å². The number of nitrogens with one attached hydrogen (secondary N) is 1. The maximum atomic E-state index is 13.0. The summed E-state index contributed by atoms with van der Waals surface area (Å²) in [4.78, 5) is 0. The third-order valence-electron chi connectivity index (χ3n) is 1.96. The van der Waals surface area contributed by atoms with Crippen molar-refractivity contribution in [3.05, 3.63) is 29.3 Å². The van der Waals surface area contributed by atoms with E-state index in [9.17, 15) is 30.7 Å². The van der Waals surface area contributed by atoms with Gasteiger partial charge >= 0.3 is 6.18 Å². The topological polar surface area (TPSA) is 32.3 Å². The van der Waals surface area contributed by atoms with Gasteiger partial charge in [-0.1, -0.05) is 0 Å². The van der Waals surface area contributed by atoms with E-state index in [-0.39, 0.29) is 6.07 Å². The number of rotatable bonds is 3. The van der Waals surface area contributed by atoms with Crippen molar-refractivity contribution < 1.29 is 35.8 Å². The van der Waals surface area contributed by atoms with Crippen molar-refractivity contribution in [2.75, 3.05) is 11.9 Å². The molecule has 0 fully saturated rings. The Balaban J connectivity index is 2.92. The van der Waals surface area contributed by atoms with Gasteiger partial charge < -0.3 is 10.4 Å². The van der Waals surface area contributed by atoms with E-state index in [1.54, 1.807) is 0 Å². The Morgan fingerprint density at radius 3 is 1.89 bits per heavy atom. The Labute approximate surface area is 96.0 Å². The minimum atomic E-state index is -5.02. The molecule has 1 unspecified atom stereocenters. The third-order valence-corrected chi connectivity index (χ3v) is 1.96. The lowest BCUT2D eigenvalue weighted by Gasteiger charge is -2.16. The van der Waals surface area contributed by atoms with Crippen LogP contribution in [0.4, 0.5) is 36.4 Å². The van der Waals surface area contributed by atoms with E-state index in [2.05, 4.69) is 0 Å². The van der Waals surface area contributed by atoms with Crippen LogP contribution in [0.15, 0.2) is 6.07 Å². The SMILES string of the molecule is OC(CNc1c(F)c(F)cc(F)c1F)C(F)(F)F. The molecule has 18 heavy (non-hydrogen) atoms. The first-order chi connectivity index (χ1) is 8.14. The molecule has 0 aromatic heterocycles. The Kier molecular flexibility index (Phi) is 4.05. The first-order valence-electron chi connectivity index (χ1n) is 4.46. The van der Waals surface area contributed by atoms with Gasteiger partial charge in [0.05, 0.1) is 0 Å². The number of halogens is 7. The fraction of sp³-hybridized carbons (Fsp3) is 0.333. The van der Waals surface area contributed by atoms with Gasteiger partial charge in [-0.3, -0.25) is 0 Å². The summed E-state index contributed by atoms with van der Waals surface area (Å²) in [5.74, 6) is -7.28. The van der Waals surface area contributed by atoms with Gasteiger partial charge in [0.25, 0.3) is 0 Å². The number of aliphatic hydroxyl groups is 1. The highest BCUT2D eigenvalue weighted by atomic mass is 19.4. The van der Waals surface area contributed by atoms with E-state index in [0.717, 1.165) is 0 Å². The van der Waals surface area contributed by atoms with Crippen LogP contribution in [0, 0.1) is 23.3 Å². The molecule has 1 rings (SSSR count). The van der Waals surface area contributed by atoms with Gasteiger partial charge in [-0.2, -0.15) is 13.2 Å². The van der Waals surface area contributed by atoms with E-state index in [4.69, 9.17) is 5.11 Å². The smallest absolute Gasteiger partial charge is 0.382 e. The molecule has 0 saturated heterocycles. The van der Waals surface area contributed by atoms with Crippen LogP contribution in [0.5, 0.6) is 0 Å². The Morgan fingerprint density at radius 1 is 1.06 bits per heavy atom. The number of alkyl halides is 3. The van der Waals surface area contributed by atoms with Crippen molar-refractivity contribution in [3.8, 4) is 0 Å². The molecule has 2 nitrogen and oxygen atoms in total. The lowest BCUT2D eigenvalue weighted by molar-refractivity contribution is -0.198. The standard InChI is InChI=1S/C9H6F7NO/c10-3-1-4(11)7(13)8(6(3)12)17-2-5(18)9(14,15)16/h1,5,17-18H,2H2. The summed E-state index contributed by atoms with van der Waals surface area (Å²) in [7, 11) is 0. The van der Waals surface area contributed by atoms with Crippen LogP contribution >= 0.6 is 0 Å². The van der Waals surface area contributed by atoms with Crippen LogP contribution in [0.3, 0.4) is 0 Å². The van der Waals surface area contributed by atoms with Crippen LogP contribution < -0.4 is 5.32 Å². The highest BCUT2D eigenvalue weighted by molar-refractivity contribution is 5.47. The van der Waals surface area contributed by atoms with Crippen LogP contribution in [0.2, 0.25) is 0 Å². The highest BCUT2D eigenvalue weighted by Gasteiger charge is 2.38. The summed E-state index contributed by atoms with van der Waals surface area (Å²) in [6.07, 6.45) is -7.95. The maximum absolute atomic E-state index is 13.0. The van der Waals surface area contributed by atoms with Crippen LogP contribution in [-0.4, -0.2) is 23.9 Å². The van der Waals surface area contributed by atoms with E-state index < -0.39 is 47.8 Å². The van der Waals surface area contributed by atoms with Crippen molar-refractivity contribution in [3.63, 3.8) is 0 Å². The fourth-order valence-corrected chi connectivity index (χ4v) is 1.04. The first-order valence-corrected chi connectivity index (χ1v) is 4.46. The maximum Gasteiger partial charge on any atom is 0.416 e. The number of aliphatic hydroxyl groups excluding tert-OH is 1. The molecule has 0 heterocycles. The molecule has 102 valence electrons. The van der Waals surface area contributed by atoms with Crippen molar-refractivity contribution in [2.45, 2.75) is 12.3 Å². The Bertz CT molecular complexity index is 419. The Morgan fingerprint density at radius 2 is 1.50 bits per heavy atom. The third kappa shape index (κ3) is 3.03. The fourth-order valence-electron chi connectivity index (χ4n) is 1.04. The van der Waals surface area contributed by atoms with Gasteiger partial charge in [0.2, 0.25) is 0 Å². The summed E-state index contributed by atoms with van der Waals surface area (Å²) >= 11 is 0. The molecule has 0 bridgehead atoms. The predicted octanol–water partition coefficient (Wildman–Crippen LogP) is 2.58. The molecular formula is C9H6F7NO. The highest BCUT2D eigenvalue weighted by Crippen LogP contribution is 2.25. The largest absolute Gasteiger partial charge is 0.416 e. The van der Waals surface area contributed by atoms with Crippen LogP contribution in [0.1, 0.15) is 0 Å². The van der Waals surface area contributed by atoms with Gasteiger partial charge in [-0.15, -0.1) is 0 Å². The molecule has 1 aromatic carbocycles. The monoisotopic (exact) mass is 277 g/mol. The summed E-state index contributed by atoms with van der Waals surface area (Å²) < 4.78 is 87.0. The van der Waals surface area contributed by atoms with Crippen molar-refractivity contribution in [2.24, 2.45) is 0 Å². The van der Waals surface area contributed by atoms with E-state index in [1.165, 1.54) is 5.32 Å². The van der Waals surface area contributed by atoms with Gasteiger partial charge in [-0.25, -0.2) is 17.6 Å². The average molecular weight is 277 g/mol. The molecule has 2 N–H and O–H groups in total. The van der Waals surface area contributed by atoms with Crippen LogP contribution in [-0.2, 0) is 0 Å². The zero-order valence-electron chi connectivity index (χ0n) is 8.45. The van der Waals surface area contributed by atoms with Crippen LogP contribution in [0.25, 0.3) is 0 Å². The molecule has 0 aliphatic carbocycles.